The topological polar surface area (TPSA) is 116 Å². The molecule has 0 radical (unpaired) electrons. The molecule has 220 valence electrons. The summed E-state index contributed by atoms with van der Waals surface area (Å²) in [6.45, 7) is 2.03. The SMILES string of the molecule is CCc1cccc(-c2c(F)cccc2C(O)(CCCNC(=O)C(F)(F)F)C2CCCN(C(=O)CC(O)CN)C2)c1. The second-order valence-corrected chi connectivity index (χ2v) is 10.3. The van der Waals surface area contributed by atoms with Crippen LogP contribution in [0, 0.1) is 11.7 Å². The van der Waals surface area contributed by atoms with E-state index in [1.54, 1.807) is 18.2 Å². The lowest BCUT2D eigenvalue weighted by atomic mass is 9.72. The summed E-state index contributed by atoms with van der Waals surface area (Å²) < 4.78 is 53.5. The number of carbonyl (C=O) groups excluding carboxylic acids is 2. The van der Waals surface area contributed by atoms with Crippen molar-refractivity contribution >= 4 is 11.8 Å². The summed E-state index contributed by atoms with van der Waals surface area (Å²) in [6.07, 6.45) is -4.64. The van der Waals surface area contributed by atoms with E-state index in [0.29, 0.717) is 31.4 Å². The maximum atomic E-state index is 15.5. The van der Waals surface area contributed by atoms with Crippen molar-refractivity contribution in [1.82, 2.24) is 10.2 Å². The van der Waals surface area contributed by atoms with Crippen LogP contribution >= 0.6 is 0 Å². The molecule has 3 rings (SSSR count). The van der Waals surface area contributed by atoms with Crippen LogP contribution < -0.4 is 11.1 Å². The van der Waals surface area contributed by atoms with E-state index in [-0.39, 0.29) is 55.9 Å². The van der Waals surface area contributed by atoms with Gasteiger partial charge in [0.25, 0.3) is 0 Å². The quantitative estimate of drug-likeness (QED) is 0.245. The van der Waals surface area contributed by atoms with Crippen LogP contribution in [0.15, 0.2) is 42.5 Å². The number of piperidine rings is 1. The van der Waals surface area contributed by atoms with E-state index in [1.807, 2.05) is 24.4 Å². The van der Waals surface area contributed by atoms with E-state index < -0.39 is 35.5 Å². The molecule has 2 amide bonds. The van der Waals surface area contributed by atoms with Crippen molar-refractivity contribution < 1.29 is 37.4 Å². The maximum Gasteiger partial charge on any atom is 0.471 e. The summed E-state index contributed by atoms with van der Waals surface area (Å²) in [7, 11) is 0. The van der Waals surface area contributed by atoms with Crippen molar-refractivity contribution in [2.75, 3.05) is 26.2 Å². The zero-order valence-electron chi connectivity index (χ0n) is 22.5. The van der Waals surface area contributed by atoms with Gasteiger partial charge in [0.05, 0.1) is 18.1 Å². The lowest BCUT2D eigenvalue weighted by Crippen LogP contribution is -2.49. The Bertz CT molecular complexity index is 1180. The van der Waals surface area contributed by atoms with E-state index in [4.69, 9.17) is 5.73 Å². The fourth-order valence-electron chi connectivity index (χ4n) is 5.35. The number of nitrogens with zero attached hydrogens (tertiary/aromatic N) is 1. The number of alkyl halides is 3. The van der Waals surface area contributed by atoms with Gasteiger partial charge in [-0.1, -0.05) is 43.3 Å². The van der Waals surface area contributed by atoms with Crippen LogP contribution in [0.2, 0.25) is 0 Å². The zero-order valence-corrected chi connectivity index (χ0v) is 22.5. The van der Waals surface area contributed by atoms with Crippen molar-refractivity contribution in [2.45, 2.75) is 63.3 Å². The number of rotatable bonds is 11. The molecule has 1 aliphatic rings. The fourth-order valence-corrected chi connectivity index (χ4v) is 5.35. The van der Waals surface area contributed by atoms with Gasteiger partial charge in [0.1, 0.15) is 5.82 Å². The van der Waals surface area contributed by atoms with Crippen LogP contribution in [0.4, 0.5) is 17.6 Å². The number of benzene rings is 2. The number of carbonyl (C=O) groups is 2. The third-order valence-electron chi connectivity index (χ3n) is 7.51. The lowest BCUT2D eigenvalue weighted by molar-refractivity contribution is -0.173. The van der Waals surface area contributed by atoms with Crippen molar-refractivity contribution in [1.29, 1.82) is 0 Å². The zero-order chi connectivity index (χ0) is 29.5. The molecule has 3 unspecified atom stereocenters. The van der Waals surface area contributed by atoms with E-state index in [9.17, 15) is 33.0 Å². The van der Waals surface area contributed by atoms with Gasteiger partial charge in [-0.15, -0.1) is 0 Å². The number of aryl methyl sites for hydroxylation is 1. The van der Waals surface area contributed by atoms with Gasteiger partial charge >= 0.3 is 12.1 Å². The molecule has 0 bridgehead atoms. The Kier molecular flexibility index (Phi) is 10.7. The number of aliphatic hydroxyl groups excluding tert-OH is 1. The van der Waals surface area contributed by atoms with Crippen LogP contribution in [-0.4, -0.2) is 65.4 Å². The number of halogens is 4. The molecule has 1 heterocycles. The maximum absolute atomic E-state index is 15.5. The molecule has 5 N–H and O–H groups in total. The van der Waals surface area contributed by atoms with Gasteiger partial charge in [0.15, 0.2) is 0 Å². The van der Waals surface area contributed by atoms with Gasteiger partial charge in [-0.05, 0) is 54.9 Å². The molecular weight excluding hydrogens is 530 g/mol. The molecule has 0 saturated carbocycles. The van der Waals surface area contributed by atoms with Crippen LogP contribution in [-0.2, 0) is 21.6 Å². The number of aliphatic hydroxyl groups is 2. The Morgan fingerprint density at radius 1 is 1.20 bits per heavy atom. The summed E-state index contributed by atoms with van der Waals surface area (Å²) in [4.78, 5) is 25.7. The first-order valence-electron chi connectivity index (χ1n) is 13.5. The van der Waals surface area contributed by atoms with Gasteiger partial charge < -0.3 is 26.2 Å². The molecule has 2 aromatic rings. The summed E-state index contributed by atoms with van der Waals surface area (Å²) in [5, 5.41) is 24.0. The summed E-state index contributed by atoms with van der Waals surface area (Å²) in [6, 6.07) is 11.6. The van der Waals surface area contributed by atoms with E-state index in [2.05, 4.69) is 0 Å². The number of likely N-dealkylation sites (tertiary alicyclic amines) is 1. The summed E-state index contributed by atoms with van der Waals surface area (Å²) in [5.41, 5.74) is 5.66. The summed E-state index contributed by atoms with van der Waals surface area (Å²) >= 11 is 0. The van der Waals surface area contributed by atoms with Gasteiger partial charge in [-0.2, -0.15) is 13.2 Å². The number of hydrogen-bond donors (Lipinski definition) is 4. The van der Waals surface area contributed by atoms with Gasteiger partial charge in [-0.25, -0.2) is 4.39 Å². The summed E-state index contributed by atoms with van der Waals surface area (Å²) in [5.74, 6) is -3.57. The lowest BCUT2D eigenvalue weighted by Gasteiger charge is -2.44. The predicted molar refractivity (Wildman–Crippen MR) is 142 cm³/mol. The van der Waals surface area contributed by atoms with Crippen molar-refractivity contribution in [3.63, 3.8) is 0 Å². The molecule has 0 spiro atoms. The second-order valence-electron chi connectivity index (χ2n) is 10.3. The second kappa shape index (κ2) is 13.6. The number of nitrogens with two attached hydrogens (primary N) is 1. The molecular formula is C29H37F4N3O4. The molecule has 1 saturated heterocycles. The Balaban J connectivity index is 1.99. The van der Waals surface area contributed by atoms with E-state index in [1.165, 1.54) is 17.0 Å². The first-order chi connectivity index (χ1) is 18.9. The number of hydrogen-bond acceptors (Lipinski definition) is 5. The Labute approximate surface area is 231 Å². The fraction of sp³-hybridized carbons (Fsp3) is 0.517. The molecule has 7 nitrogen and oxygen atoms in total. The van der Waals surface area contributed by atoms with Crippen LogP contribution in [0.25, 0.3) is 11.1 Å². The van der Waals surface area contributed by atoms with Gasteiger partial charge in [0, 0.05) is 37.7 Å². The smallest absolute Gasteiger partial charge is 0.391 e. The highest BCUT2D eigenvalue weighted by molar-refractivity contribution is 5.81. The third-order valence-corrected chi connectivity index (χ3v) is 7.51. The van der Waals surface area contributed by atoms with E-state index in [0.717, 1.165) is 5.56 Å². The Morgan fingerprint density at radius 3 is 2.60 bits per heavy atom. The first-order valence-corrected chi connectivity index (χ1v) is 13.5. The first kappa shape index (κ1) is 31.5. The molecule has 1 fully saturated rings. The third kappa shape index (κ3) is 7.58. The highest BCUT2D eigenvalue weighted by Crippen LogP contribution is 2.44. The largest absolute Gasteiger partial charge is 0.471 e. The van der Waals surface area contributed by atoms with Gasteiger partial charge in [0.2, 0.25) is 5.91 Å². The van der Waals surface area contributed by atoms with Crippen molar-refractivity contribution in [3.8, 4) is 11.1 Å². The highest BCUT2D eigenvalue weighted by Gasteiger charge is 2.43. The molecule has 2 aromatic carbocycles. The Morgan fingerprint density at radius 2 is 1.93 bits per heavy atom. The van der Waals surface area contributed by atoms with Crippen molar-refractivity contribution in [2.24, 2.45) is 11.7 Å². The van der Waals surface area contributed by atoms with Crippen LogP contribution in [0.3, 0.4) is 0 Å². The minimum absolute atomic E-state index is 0.0282. The monoisotopic (exact) mass is 567 g/mol. The molecule has 3 atom stereocenters. The number of amides is 2. The van der Waals surface area contributed by atoms with Crippen molar-refractivity contribution in [3.05, 3.63) is 59.4 Å². The van der Waals surface area contributed by atoms with Crippen LogP contribution in [0.1, 0.15) is 50.2 Å². The van der Waals surface area contributed by atoms with Crippen LogP contribution in [0.5, 0.6) is 0 Å². The highest BCUT2D eigenvalue weighted by atomic mass is 19.4. The predicted octanol–water partition coefficient (Wildman–Crippen LogP) is 3.65. The molecule has 0 aromatic heterocycles. The standard InChI is InChI=1S/C29H37F4N3O4/c1-2-19-7-3-8-20(15-19)26-23(10-4-11-24(26)30)28(40,12-6-13-35-27(39)29(31,32)33)21-9-5-14-36(18-21)25(38)16-22(37)17-34/h3-4,7-8,10-11,15,21-22,37,40H,2,5-6,9,12-14,16-18,34H2,1H3,(H,35,39). The molecule has 11 heteroatoms. The minimum Gasteiger partial charge on any atom is -0.391 e. The molecule has 1 aliphatic heterocycles. The average Bonchev–Trinajstić information content (AvgIpc) is 2.94. The van der Waals surface area contributed by atoms with E-state index >= 15 is 4.39 Å². The number of nitrogens with one attached hydrogen (secondary N) is 1. The van der Waals surface area contributed by atoms with Gasteiger partial charge in [-0.3, -0.25) is 9.59 Å². The minimum atomic E-state index is -5.03. The Hall–Kier alpha value is -3.02. The molecule has 40 heavy (non-hydrogen) atoms. The molecule has 0 aliphatic carbocycles. The average molecular weight is 568 g/mol. The normalized spacial score (nSPS) is 18.2.